The van der Waals surface area contributed by atoms with Gasteiger partial charge in [-0.3, -0.25) is 4.79 Å². The Kier molecular flexibility index (Phi) is 5.64. The summed E-state index contributed by atoms with van der Waals surface area (Å²) in [6, 6.07) is 7.09. The molecule has 0 radical (unpaired) electrons. The minimum Gasteiger partial charge on any atom is -0.409 e. The van der Waals surface area contributed by atoms with E-state index in [1.165, 1.54) is 0 Å². The first-order chi connectivity index (χ1) is 8.58. The summed E-state index contributed by atoms with van der Waals surface area (Å²) < 4.78 is 0.914. The first-order valence-corrected chi connectivity index (χ1v) is 6.39. The van der Waals surface area contributed by atoms with E-state index in [9.17, 15) is 4.79 Å². The SMILES string of the molecule is CCCN(C/C(N)=N/O)C(=O)c1ccc(Br)cc1. The number of oxime groups is 1. The number of amidine groups is 1. The van der Waals surface area contributed by atoms with E-state index in [2.05, 4.69) is 21.1 Å². The Bertz CT molecular complexity index is 431. The number of nitrogens with zero attached hydrogens (tertiary/aromatic N) is 2. The van der Waals surface area contributed by atoms with Crippen molar-refractivity contribution in [3.8, 4) is 0 Å². The normalized spacial score (nSPS) is 11.3. The van der Waals surface area contributed by atoms with Gasteiger partial charge in [-0.15, -0.1) is 0 Å². The number of carbonyl (C=O) groups is 1. The molecule has 0 spiro atoms. The summed E-state index contributed by atoms with van der Waals surface area (Å²) in [7, 11) is 0. The van der Waals surface area contributed by atoms with Gasteiger partial charge in [-0.2, -0.15) is 0 Å². The minimum atomic E-state index is -0.129. The Morgan fingerprint density at radius 2 is 2.06 bits per heavy atom. The van der Waals surface area contributed by atoms with Gasteiger partial charge in [0.1, 0.15) is 0 Å². The van der Waals surface area contributed by atoms with Crippen LogP contribution >= 0.6 is 15.9 Å². The summed E-state index contributed by atoms with van der Waals surface area (Å²) >= 11 is 3.32. The van der Waals surface area contributed by atoms with Crippen molar-refractivity contribution in [2.75, 3.05) is 13.1 Å². The Labute approximate surface area is 114 Å². The molecule has 5 nitrogen and oxygen atoms in total. The highest BCUT2D eigenvalue weighted by Gasteiger charge is 2.16. The van der Waals surface area contributed by atoms with Gasteiger partial charge in [-0.1, -0.05) is 28.0 Å². The van der Waals surface area contributed by atoms with E-state index in [-0.39, 0.29) is 18.3 Å². The van der Waals surface area contributed by atoms with Gasteiger partial charge in [-0.05, 0) is 30.7 Å². The van der Waals surface area contributed by atoms with Gasteiger partial charge < -0.3 is 15.8 Å². The summed E-state index contributed by atoms with van der Waals surface area (Å²) in [5.41, 5.74) is 6.02. The van der Waals surface area contributed by atoms with Crippen LogP contribution in [0.4, 0.5) is 0 Å². The number of nitrogens with two attached hydrogens (primary N) is 1. The maximum atomic E-state index is 12.2. The topological polar surface area (TPSA) is 78.9 Å². The number of rotatable bonds is 5. The molecule has 6 heteroatoms. The van der Waals surface area contributed by atoms with Gasteiger partial charge in [0.2, 0.25) is 0 Å². The lowest BCUT2D eigenvalue weighted by atomic mass is 10.2. The number of halogens is 1. The van der Waals surface area contributed by atoms with Crippen LogP contribution in [0.2, 0.25) is 0 Å². The van der Waals surface area contributed by atoms with Crippen molar-refractivity contribution in [1.29, 1.82) is 0 Å². The molecule has 0 saturated heterocycles. The van der Waals surface area contributed by atoms with Crippen LogP contribution in [0.3, 0.4) is 0 Å². The summed E-state index contributed by atoms with van der Waals surface area (Å²) in [5.74, 6) is -0.107. The largest absolute Gasteiger partial charge is 0.409 e. The van der Waals surface area contributed by atoms with Crippen LogP contribution in [0.25, 0.3) is 0 Å². The predicted molar refractivity (Wildman–Crippen MR) is 73.7 cm³/mol. The molecule has 0 aliphatic heterocycles. The van der Waals surface area contributed by atoms with Gasteiger partial charge in [0.15, 0.2) is 5.84 Å². The molecular formula is C12H16BrN3O2. The molecule has 0 unspecified atom stereocenters. The van der Waals surface area contributed by atoms with Crippen LogP contribution in [0, 0.1) is 0 Å². The molecule has 1 aromatic rings. The quantitative estimate of drug-likeness (QED) is 0.378. The van der Waals surface area contributed by atoms with Gasteiger partial charge in [0.05, 0.1) is 6.54 Å². The zero-order valence-electron chi connectivity index (χ0n) is 10.1. The van der Waals surface area contributed by atoms with Crippen molar-refractivity contribution in [2.24, 2.45) is 10.9 Å². The zero-order chi connectivity index (χ0) is 13.5. The lowest BCUT2D eigenvalue weighted by Crippen LogP contribution is -2.39. The first kappa shape index (κ1) is 14.5. The Morgan fingerprint density at radius 3 is 2.56 bits per heavy atom. The highest BCUT2D eigenvalue weighted by atomic mass is 79.9. The first-order valence-electron chi connectivity index (χ1n) is 5.59. The van der Waals surface area contributed by atoms with Crippen molar-refractivity contribution in [3.05, 3.63) is 34.3 Å². The maximum absolute atomic E-state index is 12.2. The molecular weight excluding hydrogens is 298 g/mol. The maximum Gasteiger partial charge on any atom is 0.254 e. The van der Waals surface area contributed by atoms with Gasteiger partial charge in [0, 0.05) is 16.6 Å². The summed E-state index contributed by atoms with van der Waals surface area (Å²) in [4.78, 5) is 13.8. The number of hydrogen-bond acceptors (Lipinski definition) is 3. The Hall–Kier alpha value is -1.56. The third-order valence-corrected chi connectivity index (χ3v) is 2.88. The molecule has 0 saturated carbocycles. The van der Waals surface area contributed by atoms with Crippen molar-refractivity contribution in [2.45, 2.75) is 13.3 Å². The smallest absolute Gasteiger partial charge is 0.254 e. The Balaban J connectivity index is 2.85. The highest BCUT2D eigenvalue weighted by Crippen LogP contribution is 2.12. The molecule has 0 aliphatic carbocycles. The molecule has 3 N–H and O–H groups in total. The number of hydrogen-bond donors (Lipinski definition) is 2. The summed E-state index contributed by atoms with van der Waals surface area (Å²) in [5, 5.41) is 11.5. The van der Waals surface area contributed by atoms with E-state index in [0.29, 0.717) is 12.1 Å². The average Bonchev–Trinajstić information content (AvgIpc) is 2.38. The van der Waals surface area contributed by atoms with E-state index in [0.717, 1.165) is 10.9 Å². The lowest BCUT2D eigenvalue weighted by molar-refractivity contribution is 0.0778. The third-order valence-electron chi connectivity index (χ3n) is 2.35. The number of carbonyl (C=O) groups excluding carboxylic acids is 1. The zero-order valence-corrected chi connectivity index (χ0v) is 11.7. The molecule has 0 heterocycles. The van der Waals surface area contributed by atoms with Crippen LogP contribution in [-0.4, -0.2) is 34.9 Å². The minimum absolute atomic E-state index is 0.0221. The van der Waals surface area contributed by atoms with Crippen LogP contribution in [0.1, 0.15) is 23.7 Å². The summed E-state index contributed by atoms with van der Waals surface area (Å²) in [6.07, 6.45) is 0.807. The van der Waals surface area contributed by atoms with Crippen LogP contribution in [-0.2, 0) is 0 Å². The van der Waals surface area contributed by atoms with Gasteiger partial charge in [-0.25, -0.2) is 0 Å². The highest BCUT2D eigenvalue weighted by molar-refractivity contribution is 9.10. The van der Waals surface area contributed by atoms with E-state index in [4.69, 9.17) is 10.9 Å². The van der Waals surface area contributed by atoms with E-state index in [1.54, 1.807) is 29.2 Å². The van der Waals surface area contributed by atoms with Crippen molar-refractivity contribution in [3.63, 3.8) is 0 Å². The fourth-order valence-corrected chi connectivity index (χ4v) is 1.79. The molecule has 98 valence electrons. The number of benzene rings is 1. The second-order valence-electron chi connectivity index (χ2n) is 3.82. The van der Waals surface area contributed by atoms with Crippen molar-refractivity contribution < 1.29 is 10.0 Å². The molecule has 1 amide bonds. The number of amides is 1. The summed E-state index contributed by atoms with van der Waals surface area (Å²) in [6.45, 7) is 2.65. The standard InChI is InChI=1S/C12H16BrN3O2/c1-2-7-16(8-11(14)15-18)12(17)9-3-5-10(13)6-4-9/h3-6,18H,2,7-8H2,1H3,(H2,14,15). The molecule has 1 aromatic carbocycles. The fourth-order valence-electron chi connectivity index (χ4n) is 1.52. The molecule has 18 heavy (non-hydrogen) atoms. The van der Waals surface area contributed by atoms with Crippen LogP contribution < -0.4 is 5.73 Å². The predicted octanol–water partition coefficient (Wildman–Crippen LogP) is 2.05. The van der Waals surface area contributed by atoms with Crippen molar-refractivity contribution in [1.82, 2.24) is 4.90 Å². The second-order valence-corrected chi connectivity index (χ2v) is 4.74. The lowest BCUT2D eigenvalue weighted by Gasteiger charge is -2.21. The average molecular weight is 314 g/mol. The fraction of sp³-hybridized carbons (Fsp3) is 0.333. The second kappa shape index (κ2) is 7.00. The molecule has 1 rings (SSSR count). The molecule has 0 aromatic heterocycles. The third kappa shape index (κ3) is 4.03. The van der Waals surface area contributed by atoms with Crippen LogP contribution in [0.5, 0.6) is 0 Å². The van der Waals surface area contributed by atoms with Gasteiger partial charge >= 0.3 is 0 Å². The molecule has 0 bridgehead atoms. The van der Waals surface area contributed by atoms with Gasteiger partial charge in [0.25, 0.3) is 5.91 Å². The molecule has 0 aliphatic rings. The Morgan fingerprint density at radius 1 is 1.44 bits per heavy atom. The van der Waals surface area contributed by atoms with E-state index < -0.39 is 0 Å². The molecule has 0 fully saturated rings. The monoisotopic (exact) mass is 313 g/mol. The van der Waals surface area contributed by atoms with Crippen LogP contribution in [0.15, 0.2) is 33.9 Å². The van der Waals surface area contributed by atoms with E-state index in [1.807, 2.05) is 6.92 Å². The van der Waals surface area contributed by atoms with Crippen molar-refractivity contribution >= 4 is 27.7 Å². The molecule has 0 atom stereocenters. The van der Waals surface area contributed by atoms with E-state index >= 15 is 0 Å².